The molecular formula is C20H14ClN5O2S2. The van der Waals surface area contributed by atoms with E-state index in [9.17, 15) is 4.79 Å². The fraction of sp³-hybridized carbons (Fsp3) is 0.100. The summed E-state index contributed by atoms with van der Waals surface area (Å²) < 4.78 is 9.51. The minimum atomic E-state index is -0.303. The first-order valence-corrected chi connectivity index (χ1v) is 11.0. The molecule has 0 aliphatic carbocycles. The SMILES string of the molecule is Cc1nc2c(cc(OCC(=O)Nc3cccc(Cl)c3-n3cncn3)c3ccsc32)s1. The number of carbonyl (C=O) groups is 1. The standard InChI is InChI=1S/C20H14ClN5O2S2/c1-11-24-18-16(30-11)7-15(12-5-6-29-20(12)18)28-8-17(27)25-14-4-2-3-13(21)19(14)26-10-22-9-23-26/h2-7,9-10H,8H2,1H3,(H,25,27). The highest BCUT2D eigenvalue weighted by molar-refractivity contribution is 7.21. The summed E-state index contributed by atoms with van der Waals surface area (Å²) in [5.41, 5.74) is 2.05. The van der Waals surface area contributed by atoms with E-state index in [0.717, 1.165) is 25.3 Å². The Labute approximate surface area is 183 Å². The van der Waals surface area contributed by atoms with Gasteiger partial charge in [0.15, 0.2) is 6.61 Å². The minimum Gasteiger partial charge on any atom is -0.483 e. The van der Waals surface area contributed by atoms with Gasteiger partial charge in [-0.05, 0) is 30.5 Å². The predicted molar refractivity (Wildman–Crippen MR) is 120 cm³/mol. The number of hydrogen-bond donors (Lipinski definition) is 1. The van der Waals surface area contributed by atoms with Gasteiger partial charge in [-0.3, -0.25) is 4.79 Å². The second kappa shape index (κ2) is 7.67. The van der Waals surface area contributed by atoms with Crippen molar-refractivity contribution in [3.05, 3.63) is 58.4 Å². The van der Waals surface area contributed by atoms with Crippen LogP contribution in [0.4, 0.5) is 5.69 Å². The van der Waals surface area contributed by atoms with Crippen LogP contribution in [-0.4, -0.2) is 32.3 Å². The molecule has 150 valence electrons. The van der Waals surface area contributed by atoms with Gasteiger partial charge in [0.2, 0.25) is 0 Å². The average molecular weight is 456 g/mol. The third-order valence-electron chi connectivity index (χ3n) is 4.44. The number of rotatable bonds is 5. The van der Waals surface area contributed by atoms with Crippen LogP contribution in [0, 0.1) is 6.92 Å². The summed E-state index contributed by atoms with van der Waals surface area (Å²) >= 11 is 9.54. The second-order valence-electron chi connectivity index (χ2n) is 6.43. The van der Waals surface area contributed by atoms with Gasteiger partial charge in [0.1, 0.15) is 24.1 Å². The van der Waals surface area contributed by atoms with E-state index in [1.165, 1.54) is 17.3 Å². The third-order valence-corrected chi connectivity index (χ3v) is 6.58. The zero-order valence-corrected chi connectivity index (χ0v) is 18.0. The highest BCUT2D eigenvalue weighted by Gasteiger charge is 2.16. The number of fused-ring (bicyclic) bond motifs is 3. The number of halogens is 1. The number of amides is 1. The molecule has 0 radical (unpaired) electrons. The molecule has 0 aliphatic heterocycles. The number of nitrogens with one attached hydrogen (secondary N) is 1. The Morgan fingerprint density at radius 2 is 2.23 bits per heavy atom. The fourth-order valence-electron chi connectivity index (χ4n) is 3.21. The Kier molecular flexibility index (Phi) is 4.86. The van der Waals surface area contributed by atoms with E-state index in [2.05, 4.69) is 20.4 Å². The molecule has 3 aromatic heterocycles. The molecule has 1 N–H and O–H groups in total. The number of benzene rings is 2. The van der Waals surface area contributed by atoms with Crippen LogP contribution >= 0.6 is 34.3 Å². The van der Waals surface area contributed by atoms with Gasteiger partial charge in [-0.2, -0.15) is 5.10 Å². The average Bonchev–Trinajstić information content (AvgIpc) is 3.46. The zero-order valence-electron chi connectivity index (χ0n) is 15.6. The van der Waals surface area contributed by atoms with Gasteiger partial charge in [0.25, 0.3) is 5.91 Å². The van der Waals surface area contributed by atoms with Gasteiger partial charge in [-0.25, -0.2) is 14.6 Å². The summed E-state index contributed by atoms with van der Waals surface area (Å²) in [5.74, 6) is 0.364. The third kappa shape index (κ3) is 3.41. The first-order valence-electron chi connectivity index (χ1n) is 8.93. The molecular weight excluding hydrogens is 442 g/mol. The molecule has 0 bridgehead atoms. The van der Waals surface area contributed by atoms with Crippen LogP contribution in [0.2, 0.25) is 5.02 Å². The van der Waals surface area contributed by atoms with Crippen LogP contribution in [0.15, 0.2) is 48.4 Å². The van der Waals surface area contributed by atoms with Crippen LogP contribution in [0.1, 0.15) is 5.01 Å². The summed E-state index contributed by atoms with van der Waals surface area (Å²) in [5, 5.41) is 11.4. The first-order chi connectivity index (χ1) is 14.6. The lowest BCUT2D eigenvalue weighted by molar-refractivity contribution is -0.118. The van der Waals surface area contributed by atoms with Gasteiger partial charge in [0.05, 0.1) is 30.6 Å². The maximum absolute atomic E-state index is 12.6. The van der Waals surface area contributed by atoms with E-state index in [0.29, 0.717) is 22.1 Å². The Hall–Kier alpha value is -3.01. The van der Waals surface area contributed by atoms with Crippen LogP contribution in [0.5, 0.6) is 5.75 Å². The number of aryl methyl sites for hydroxylation is 1. The Bertz CT molecular complexity index is 1380. The molecule has 30 heavy (non-hydrogen) atoms. The second-order valence-corrected chi connectivity index (χ2v) is 8.99. The number of thiazole rings is 1. The maximum Gasteiger partial charge on any atom is 0.262 e. The number of para-hydroxylation sites is 1. The molecule has 10 heteroatoms. The number of ether oxygens (including phenoxy) is 1. The van der Waals surface area contributed by atoms with Crippen molar-refractivity contribution in [2.24, 2.45) is 0 Å². The molecule has 2 aromatic carbocycles. The van der Waals surface area contributed by atoms with Crippen LogP contribution in [-0.2, 0) is 4.79 Å². The smallest absolute Gasteiger partial charge is 0.262 e. The lowest BCUT2D eigenvalue weighted by atomic mass is 10.2. The molecule has 5 aromatic rings. The molecule has 0 atom stereocenters. The lowest BCUT2D eigenvalue weighted by Gasteiger charge is -2.13. The van der Waals surface area contributed by atoms with Gasteiger partial charge >= 0.3 is 0 Å². The van der Waals surface area contributed by atoms with Gasteiger partial charge in [0, 0.05) is 11.5 Å². The predicted octanol–water partition coefficient (Wildman–Crippen LogP) is 5.07. The molecule has 3 heterocycles. The van der Waals surface area contributed by atoms with Gasteiger partial charge in [-0.15, -0.1) is 22.7 Å². The Morgan fingerprint density at radius 1 is 1.33 bits per heavy atom. The van der Waals surface area contributed by atoms with E-state index in [1.54, 1.807) is 40.9 Å². The molecule has 0 aliphatic rings. The molecule has 0 saturated heterocycles. The van der Waals surface area contributed by atoms with E-state index < -0.39 is 0 Å². The van der Waals surface area contributed by atoms with Crippen molar-refractivity contribution in [2.75, 3.05) is 11.9 Å². The van der Waals surface area contributed by atoms with Crippen LogP contribution in [0.25, 0.3) is 26.0 Å². The van der Waals surface area contributed by atoms with E-state index in [-0.39, 0.29) is 12.5 Å². The molecule has 1 amide bonds. The number of aromatic nitrogens is 4. The van der Waals surface area contributed by atoms with E-state index in [1.807, 2.05) is 24.4 Å². The normalized spacial score (nSPS) is 11.3. The van der Waals surface area contributed by atoms with Crippen molar-refractivity contribution in [1.82, 2.24) is 19.7 Å². The topological polar surface area (TPSA) is 81.9 Å². The minimum absolute atomic E-state index is 0.141. The zero-order chi connectivity index (χ0) is 20.7. The fourth-order valence-corrected chi connectivity index (χ4v) is 5.30. The van der Waals surface area contributed by atoms with Crippen molar-refractivity contribution in [3.63, 3.8) is 0 Å². The van der Waals surface area contributed by atoms with Crippen molar-refractivity contribution in [2.45, 2.75) is 6.92 Å². The van der Waals surface area contributed by atoms with Crippen molar-refractivity contribution < 1.29 is 9.53 Å². The first kappa shape index (κ1) is 19.0. The Balaban J connectivity index is 1.39. The number of nitrogens with zero attached hydrogens (tertiary/aromatic N) is 4. The number of thiophene rings is 1. The molecule has 7 nitrogen and oxygen atoms in total. The summed E-state index contributed by atoms with van der Waals surface area (Å²) in [7, 11) is 0. The summed E-state index contributed by atoms with van der Waals surface area (Å²) in [6.07, 6.45) is 2.92. The number of carbonyl (C=O) groups excluding carboxylic acids is 1. The number of hydrogen-bond acceptors (Lipinski definition) is 7. The van der Waals surface area contributed by atoms with E-state index >= 15 is 0 Å². The van der Waals surface area contributed by atoms with Crippen molar-refractivity contribution >= 4 is 66.2 Å². The lowest BCUT2D eigenvalue weighted by Crippen LogP contribution is -2.21. The molecule has 0 unspecified atom stereocenters. The molecule has 0 saturated carbocycles. The highest BCUT2D eigenvalue weighted by Crippen LogP contribution is 2.38. The largest absolute Gasteiger partial charge is 0.483 e. The van der Waals surface area contributed by atoms with E-state index in [4.69, 9.17) is 16.3 Å². The summed E-state index contributed by atoms with van der Waals surface area (Å²) in [6, 6.07) is 9.17. The number of anilines is 1. The quantitative estimate of drug-likeness (QED) is 0.400. The molecule has 0 fully saturated rings. The summed E-state index contributed by atoms with van der Waals surface area (Å²) in [6.45, 7) is 1.84. The van der Waals surface area contributed by atoms with Gasteiger partial charge < -0.3 is 10.1 Å². The summed E-state index contributed by atoms with van der Waals surface area (Å²) in [4.78, 5) is 21.2. The monoisotopic (exact) mass is 455 g/mol. The highest BCUT2D eigenvalue weighted by atomic mass is 35.5. The van der Waals surface area contributed by atoms with Crippen molar-refractivity contribution in [1.29, 1.82) is 0 Å². The van der Waals surface area contributed by atoms with Gasteiger partial charge in [-0.1, -0.05) is 17.7 Å². The molecule has 0 spiro atoms. The molecule has 5 rings (SSSR count). The Morgan fingerprint density at radius 3 is 3.07 bits per heavy atom. The van der Waals surface area contributed by atoms with Crippen LogP contribution in [0.3, 0.4) is 0 Å². The maximum atomic E-state index is 12.6. The van der Waals surface area contributed by atoms with Crippen molar-refractivity contribution in [3.8, 4) is 11.4 Å². The van der Waals surface area contributed by atoms with Crippen LogP contribution < -0.4 is 10.1 Å².